The van der Waals surface area contributed by atoms with Gasteiger partial charge in [-0.1, -0.05) is 23.9 Å². The lowest BCUT2D eigenvalue weighted by Crippen LogP contribution is -2.23. The summed E-state index contributed by atoms with van der Waals surface area (Å²) in [6.07, 6.45) is 0. The van der Waals surface area contributed by atoms with E-state index in [2.05, 4.69) is 20.1 Å². The molecule has 0 aliphatic carbocycles. The lowest BCUT2D eigenvalue weighted by atomic mass is 10.2. The Kier molecular flexibility index (Phi) is 4.70. The molecule has 5 rings (SSSR count). The van der Waals surface area contributed by atoms with Crippen LogP contribution < -0.4 is 16.9 Å². The summed E-state index contributed by atoms with van der Waals surface area (Å²) in [5, 5.41) is 3.01. The molecule has 9 nitrogen and oxygen atoms in total. The van der Waals surface area contributed by atoms with E-state index in [0.29, 0.717) is 17.3 Å². The fourth-order valence-electron chi connectivity index (χ4n) is 3.24. The fraction of sp³-hybridized carbons (Fsp3) is 0.0500. The van der Waals surface area contributed by atoms with Crippen LogP contribution in [-0.2, 0) is 5.75 Å². The zero-order chi connectivity index (χ0) is 22.4. The van der Waals surface area contributed by atoms with Gasteiger partial charge in [0.05, 0.1) is 22.3 Å². The van der Waals surface area contributed by atoms with Gasteiger partial charge < -0.3 is 5.73 Å². The van der Waals surface area contributed by atoms with Crippen molar-refractivity contribution in [3.63, 3.8) is 0 Å². The Balaban J connectivity index is 1.63. The van der Waals surface area contributed by atoms with E-state index >= 15 is 0 Å². The third-order valence-electron chi connectivity index (χ3n) is 4.65. The number of hydrogen-bond acceptors (Lipinski definition) is 7. The van der Waals surface area contributed by atoms with Crippen LogP contribution in [0.2, 0.25) is 0 Å². The van der Waals surface area contributed by atoms with Crippen LogP contribution in [0, 0.1) is 11.6 Å². The quantitative estimate of drug-likeness (QED) is 0.316. The minimum absolute atomic E-state index is 0.0382. The number of para-hydroxylation sites is 1. The minimum atomic E-state index is -0.907. The number of nitrogens with one attached hydrogen (secondary N) is 1. The van der Waals surface area contributed by atoms with Crippen molar-refractivity contribution in [3.8, 4) is 5.69 Å². The maximum atomic E-state index is 14.6. The van der Waals surface area contributed by atoms with Crippen LogP contribution >= 0.6 is 11.8 Å². The SMILES string of the molecule is Nc1nc2nc(CSc3nc4ccccc4c(=O)n3-c3ccc(F)cc3F)cc(=O)n2[nH]1. The first-order valence-electron chi connectivity index (χ1n) is 9.25. The molecule has 160 valence electrons. The Labute approximate surface area is 181 Å². The molecule has 0 spiro atoms. The van der Waals surface area contributed by atoms with E-state index in [1.165, 1.54) is 12.1 Å². The molecular weight excluding hydrogens is 440 g/mol. The smallest absolute Gasteiger partial charge is 0.274 e. The van der Waals surface area contributed by atoms with Crippen molar-refractivity contribution in [2.75, 3.05) is 5.73 Å². The molecule has 32 heavy (non-hydrogen) atoms. The monoisotopic (exact) mass is 453 g/mol. The highest BCUT2D eigenvalue weighted by Gasteiger charge is 2.17. The van der Waals surface area contributed by atoms with Gasteiger partial charge in [-0.3, -0.25) is 19.3 Å². The van der Waals surface area contributed by atoms with Gasteiger partial charge in [-0.05, 0) is 24.3 Å². The van der Waals surface area contributed by atoms with E-state index in [-0.39, 0.29) is 33.7 Å². The average molecular weight is 453 g/mol. The summed E-state index contributed by atoms with van der Waals surface area (Å²) in [4.78, 5) is 38.1. The van der Waals surface area contributed by atoms with Crippen molar-refractivity contribution in [3.05, 3.63) is 86.6 Å². The molecule has 0 aliphatic rings. The second kappa shape index (κ2) is 7.57. The van der Waals surface area contributed by atoms with Gasteiger partial charge in [0.2, 0.25) is 5.95 Å². The molecule has 5 aromatic rings. The van der Waals surface area contributed by atoms with Crippen LogP contribution in [0.1, 0.15) is 5.69 Å². The van der Waals surface area contributed by atoms with E-state index in [4.69, 9.17) is 5.73 Å². The first kappa shape index (κ1) is 19.9. The number of hydrogen-bond donors (Lipinski definition) is 2. The Morgan fingerprint density at radius 3 is 2.66 bits per heavy atom. The number of rotatable bonds is 4. The van der Waals surface area contributed by atoms with Gasteiger partial charge in [0.25, 0.3) is 16.9 Å². The second-order valence-corrected chi connectivity index (χ2v) is 7.71. The van der Waals surface area contributed by atoms with Crippen LogP contribution in [-0.4, -0.2) is 29.1 Å². The van der Waals surface area contributed by atoms with Gasteiger partial charge in [0.15, 0.2) is 5.16 Å². The first-order chi connectivity index (χ1) is 15.4. The maximum Gasteiger partial charge on any atom is 0.274 e. The van der Waals surface area contributed by atoms with Crippen LogP contribution in [0.4, 0.5) is 14.7 Å². The molecule has 0 saturated heterocycles. The fourth-order valence-corrected chi connectivity index (χ4v) is 4.14. The number of benzene rings is 2. The third-order valence-corrected chi connectivity index (χ3v) is 5.62. The molecule has 3 aromatic heterocycles. The number of thioether (sulfide) groups is 1. The number of aromatic nitrogens is 6. The number of halogens is 2. The molecule has 0 aliphatic heterocycles. The Hall–Kier alpha value is -4.06. The van der Waals surface area contributed by atoms with E-state index in [0.717, 1.165) is 26.9 Å². The number of fused-ring (bicyclic) bond motifs is 2. The molecule has 0 saturated carbocycles. The zero-order valence-corrected chi connectivity index (χ0v) is 16.9. The largest absolute Gasteiger partial charge is 0.368 e. The Morgan fingerprint density at radius 2 is 1.84 bits per heavy atom. The Morgan fingerprint density at radius 1 is 1.03 bits per heavy atom. The number of H-pyrrole nitrogens is 1. The summed E-state index contributed by atoms with van der Waals surface area (Å²) in [6, 6.07) is 10.9. The lowest BCUT2D eigenvalue weighted by molar-refractivity contribution is 0.572. The standard InChI is InChI=1S/C20H13F2N7O2S/c21-10-5-6-15(13(22)7-10)28-17(31)12-3-1-2-4-14(12)25-20(28)32-9-11-8-16(30)29-19(24-11)26-18(23)27-29/h1-8H,9H2,(H3,23,24,26,27). The van der Waals surface area contributed by atoms with Crippen LogP contribution in [0.3, 0.4) is 0 Å². The van der Waals surface area contributed by atoms with Crippen molar-refractivity contribution in [2.45, 2.75) is 10.9 Å². The summed E-state index contributed by atoms with van der Waals surface area (Å²) >= 11 is 1.07. The molecule has 0 radical (unpaired) electrons. The summed E-state index contributed by atoms with van der Waals surface area (Å²) in [5.74, 6) is -1.41. The Bertz CT molecular complexity index is 1630. The molecular formula is C20H13F2N7O2S. The van der Waals surface area contributed by atoms with Gasteiger partial charge >= 0.3 is 0 Å². The zero-order valence-electron chi connectivity index (χ0n) is 16.1. The molecule has 0 bridgehead atoms. The number of aromatic amines is 1. The maximum absolute atomic E-state index is 14.6. The summed E-state index contributed by atoms with van der Waals surface area (Å²) in [7, 11) is 0. The molecule has 0 atom stereocenters. The van der Waals surface area contributed by atoms with Gasteiger partial charge in [-0.25, -0.2) is 18.7 Å². The number of nitrogen functional groups attached to an aromatic ring is 1. The number of anilines is 1. The van der Waals surface area contributed by atoms with Crippen molar-refractivity contribution < 1.29 is 8.78 Å². The van der Waals surface area contributed by atoms with E-state index in [1.54, 1.807) is 24.3 Å². The molecule has 3 N–H and O–H groups in total. The highest BCUT2D eigenvalue weighted by atomic mass is 32.2. The third kappa shape index (κ3) is 3.39. The molecule has 0 amide bonds. The first-order valence-corrected chi connectivity index (χ1v) is 10.2. The van der Waals surface area contributed by atoms with Crippen molar-refractivity contribution in [1.82, 2.24) is 29.1 Å². The molecule has 3 heterocycles. The molecule has 0 unspecified atom stereocenters. The molecule has 12 heteroatoms. The second-order valence-electron chi connectivity index (χ2n) is 6.77. The molecule has 2 aromatic carbocycles. The van der Waals surface area contributed by atoms with Crippen molar-refractivity contribution in [2.24, 2.45) is 0 Å². The van der Waals surface area contributed by atoms with Crippen molar-refractivity contribution >= 4 is 34.4 Å². The molecule has 0 fully saturated rings. The highest BCUT2D eigenvalue weighted by Crippen LogP contribution is 2.25. The van der Waals surface area contributed by atoms with E-state index < -0.39 is 22.8 Å². The van der Waals surface area contributed by atoms with Crippen molar-refractivity contribution in [1.29, 1.82) is 0 Å². The summed E-state index contributed by atoms with van der Waals surface area (Å²) < 4.78 is 30.2. The topological polar surface area (TPSA) is 124 Å². The predicted molar refractivity (Wildman–Crippen MR) is 115 cm³/mol. The number of nitrogens with two attached hydrogens (primary N) is 1. The average Bonchev–Trinajstić information content (AvgIpc) is 3.14. The predicted octanol–water partition coefficient (Wildman–Crippen LogP) is 2.27. The highest BCUT2D eigenvalue weighted by molar-refractivity contribution is 7.98. The minimum Gasteiger partial charge on any atom is -0.368 e. The van der Waals surface area contributed by atoms with Gasteiger partial charge in [0.1, 0.15) is 11.6 Å². The van der Waals surface area contributed by atoms with E-state index in [1.807, 2.05) is 0 Å². The normalized spacial score (nSPS) is 11.4. The van der Waals surface area contributed by atoms with Gasteiger partial charge in [-0.15, -0.1) is 0 Å². The van der Waals surface area contributed by atoms with Gasteiger partial charge in [-0.2, -0.15) is 9.50 Å². The summed E-state index contributed by atoms with van der Waals surface area (Å²) in [5.41, 5.74) is 5.29. The van der Waals surface area contributed by atoms with Crippen LogP contribution in [0.25, 0.3) is 22.4 Å². The van der Waals surface area contributed by atoms with E-state index in [9.17, 15) is 18.4 Å². The number of nitrogens with zero attached hydrogens (tertiary/aromatic N) is 5. The summed E-state index contributed by atoms with van der Waals surface area (Å²) in [6.45, 7) is 0. The van der Waals surface area contributed by atoms with Crippen LogP contribution in [0.15, 0.2) is 63.3 Å². The van der Waals surface area contributed by atoms with Gasteiger partial charge in [0, 0.05) is 17.9 Å². The van der Waals surface area contributed by atoms with Crippen LogP contribution in [0.5, 0.6) is 0 Å². The lowest BCUT2D eigenvalue weighted by Gasteiger charge is -2.13.